The molecule has 2 unspecified atom stereocenters. The highest BCUT2D eigenvalue weighted by Gasteiger charge is 2.19. The summed E-state index contributed by atoms with van der Waals surface area (Å²) < 4.78 is 5.72. The van der Waals surface area contributed by atoms with E-state index in [1.54, 1.807) is 0 Å². The molecule has 0 radical (unpaired) electrons. The Labute approximate surface area is 247 Å². The predicted octanol–water partition coefficient (Wildman–Crippen LogP) is 5.75. The van der Waals surface area contributed by atoms with Gasteiger partial charge in [-0.1, -0.05) is 83.1 Å². The van der Waals surface area contributed by atoms with Crippen molar-refractivity contribution in [3.63, 3.8) is 0 Å². The van der Waals surface area contributed by atoms with Crippen LogP contribution in [0.15, 0.2) is 24.3 Å². The van der Waals surface area contributed by atoms with E-state index in [0.717, 1.165) is 64.2 Å². The molecule has 0 fully saturated rings. The van der Waals surface area contributed by atoms with Gasteiger partial charge in [0.05, 0.1) is 13.2 Å². The van der Waals surface area contributed by atoms with Crippen molar-refractivity contribution in [3.8, 4) is 0 Å². The van der Waals surface area contributed by atoms with Crippen molar-refractivity contribution in [2.24, 2.45) is 0 Å². The number of aliphatic hydroxyl groups is 1. The third-order valence-electron chi connectivity index (χ3n) is 6.68. The molecule has 4 N–H and O–H groups in total. The molecule has 2 amide bonds. The minimum Gasteiger partial charge on any atom is -0.480 e. The molecule has 0 saturated heterocycles. The molecular weight excluding hydrogens is 524 g/mol. The first kappa shape index (κ1) is 38.3. The van der Waals surface area contributed by atoms with Crippen molar-refractivity contribution in [2.75, 3.05) is 13.2 Å². The van der Waals surface area contributed by atoms with Crippen LogP contribution in [0.1, 0.15) is 129 Å². The molecule has 9 nitrogen and oxygen atoms in total. The van der Waals surface area contributed by atoms with Crippen LogP contribution in [0.5, 0.6) is 0 Å². The second-order valence-electron chi connectivity index (χ2n) is 10.5. The van der Waals surface area contributed by atoms with Gasteiger partial charge in [-0.2, -0.15) is 0 Å². The Morgan fingerprint density at radius 2 is 1.37 bits per heavy atom. The van der Waals surface area contributed by atoms with E-state index >= 15 is 0 Å². The topological polar surface area (TPSA) is 142 Å². The van der Waals surface area contributed by atoms with Gasteiger partial charge >= 0.3 is 11.9 Å². The Morgan fingerprint density at radius 1 is 0.732 bits per heavy atom. The Morgan fingerprint density at radius 3 is 2.02 bits per heavy atom. The van der Waals surface area contributed by atoms with Gasteiger partial charge in [0.15, 0.2) is 0 Å². The number of rotatable bonds is 27. The molecule has 0 rings (SSSR count). The number of nitrogens with one attached hydrogen (secondary N) is 2. The zero-order valence-electron chi connectivity index (χ0n) is 25.5. The number of unbranched alkanes of at least 4 members (excludes halogenated alkanes) is 9. The number of aliphatic carboxylic acids is 1. The van der Waals surface area contributed by atoms with Crippen LogP contribution in [0.2, 0.25) is 0 Å². The van der Waals surface area contributed by atoms with Gasteiger partial charge in [0.1, 0.15) is 12.1 Å². The number of carbonyl (C=O) groups excluding carboxylic acids is 3. The second-order valence-corrected chi connectivity index (χ2v) is 10.5. The molecular formula is C32H56N2O7. The lowest BCUT2D eigenvalue weighted by atomic mass is 10.1. The van der Waals surface area contributed by atoms with Crippen LogP contribution in [-0.4, -0.2) is 59.3 Å². The van der Waals surface area contributed by atoms with Gasteiger partial charge in [0.2, 0.25) is 11.8 Å². The first-order valence-electron chi connectivity index (χ1n) is 15.7. The van der Waals surface area contributed by atoms with Crippen LogP contribution in [0, 0.1) is 0 Å². The standard InChI is InChI=1S/C32H56N2O7/c1-3-5-6-7-8-9-10-11-12-13-14-15-16-20-24-31(38)41-27(21-4-2)22-18-17-19-23-29(36)33-25-30(37)34-28(26-35)32(39)40/h7-8,10-11,27-28,35H,3-6,9,12-26H2,1-2H3,(H,33,36)(H,34,37)(H,39,40)/b8-7-,11-10-. The molecule has 0 aliphatic carbocycles. The van der Waals surface area contributed by atoms with E-state index in [1.807, 2.05) is 0 Å². The number of amides is 2. The Bertz CT molecular complexity index is 767. The molecule has 0 aromatic heterocycles. The molecule has 0 aliphatic heterocycles. The monoisotopic (exact) mass is 580 g/mol. The van der Waals surface area contributed by atoms with Crippen LogP contribution in [0.3, 0.4) is 0 Å². The zero-order chi connectivity index (χ0) is 30.6. The number of hydrogen-bond donors (Lipinski definition) is 4. The summed E-state index contributed by atoms with van der Waals surface area (Å²) in [6.45, 7) is 3.22. The van der Waals surface area contributed by atoms with Gasteiger partial charge in [0.25, 0.3) is 0 Å². The van der Waals surface area contributed by atoms with Crippen LogP contribution in [-0.2, 0) is 23.9 Å². The van der Waals surface area contributed by atoms with Gasteiger partial charge < -0.3 is 25.6 Å². The fraction of sp³-hybridized carbons (Fsp3) is 0.750. The molecule has 2 atom stereocenters. The average molecular weight is 581 g/mol. The van der Waals surface area contributed by atoms with Crippen LogP contribution < -0.4 is 10.6 Å². The highest BCUT2D eigenvalue weighted by atomic mass is 16.5. The van der Waals surface area contributed by atoms with E-state index in [0.29, 0.717) is 12.8 Å². The number of hydrogen-bond acceptors (Lipinski definition) is 6. The number of esters is 1. The van der Waals surface area contributed by atoms with Crippen molar-refractivity contribution < 1.29 is 34.1 Å². The molecule has 0 heterocycles. The van der Waals surface area contributed by atoms with Gasteiger partial charge in [0, 0.05) is 12.8 Å². The molecule has 0 saturated carbocycles. The molecule has 0 aromatic carbocycles. The lowest BCUT2D eigenvalue weighted by Crippen LogP contribution is -2.47. The quantitative estimate of drug-likeness (QED) is 0.0550. The maximum absolute atomic E-state index is 12.3. The van der Waals surface area contributed by atoms with Crippen LogP contribution in [0.25, 0.3) is 0 Å². The molecule has 236 valence electrons. The smallest absolute Gasteiger partial charge is 0.328 e. The van der Waals surface area contributed by atoms with Crippen molar-refractivity contribution in [3.05, 3.63) is 24.3 Å². The van der Waals surface area contributed by atoms with E-state index in [-0.39, 0.29) is 30.9 Å². The van der Waals surface area contributed by atoms with Crippen molar-refractivity contribution in [2.45, 2.75) is 142 Å². The summed E-state index contributed by atoms with van der Waals surface area (Å²) in [6, 6.07) is -1.39. The summed E-state index contributed by atoms with van der Waals surface area (Å²) in [5.74, 6) is -2.43. The second kappa shape index (κ2) is 27.5. The fourth-order valence-electron chi connectivity index (χ4n) is 4.25. The number of carboxylic acid groups (broad SMARTS) is 1. The molecule has 0 aromatic rings. The van der Waals surface area contributed by atoms with Crippen LogP contribution in [0.4, 0.5) is 0 Å². The average Bonchev–Trinajstić information content (AvgIpc) is 2.94. The summed E-state index contributed by atoms with van der Waals surface area (Å²) in [6.07, 6.45) is 25.7. The van der Waals surface area contributed by atoms with Crippen molar-refractivity contribution in [1.82, 2.24) is 10.6 Å². The molecule has 0 spiro atoms. The predicted molar refractivity (Wildman–Crippen MR) is 162 cm³/mol. The Kier molecular flexibility index (Phi) is 25.7. The van der Waals surface area contributed by atoms with Crippen LogP contribution >= 0.6 is 0 Å². The summed E-state index contributed by atoms with van der Waals surface area (Å²) >= 11 is 0. The number of carbonyl (C=O) groups is 4. The van der Waals surface area contributed by atoms with Gasteiger partial charge in [-0.25, -0.2) is 4.79 Å². The zero-order valence-corrected chi connectivity index (χ0v) is 25.5. The highest BCUT2D eigenvalue weighted by Crippen LogP contribution is 2.15. The number of aliphatic hydroxyl groups excluding tert-OH is 1. The van der Waals surface area contributed by atoms with Crippen molar-refractivity contribution >= 4 is 23.8 Å². The molecule has 0 aliphatic rings. The lowest BCUT2D eigenvalue weighted by Gasteiger charge is -2.17. The van der Waals surface area contributed by atoms with Crippen molar-refractivity contribution in [1.29, 1.82) is 0 Å². The fourth-order valence-corrected chi connectivity index (χ4v) is 4.25. The Hall–Kier alpha value is -2.68. The maximum atomic E-state index is 12.3. The van der Waals surface area contributed by atoms with Gasteiger partial charge in [-0.3, -0.25) is 14.4 Å². The van der Waals surface area contributed by atoms with E-state index in [9.17, 15) is 19.2 Å². The summed E-state index contributed by atoms with van der Waals surface area (Å²) in [7, 11) is 0. The minimum atomic E-state index is -1.39. The lowest BCUT2D eigenvalue weighted by molar-refractivity contribution is -0.150. The van der Waals surface area contributed by atoms with Gasteiger partial charge in [-0.15, -0.1) is 0 Å². The van der Waals surface area contributed by atoms with E-state index in [4.69, 9.17) is 14.9 Å². The first-order valence-corrected chi connectivity index (χ1v) is 15.7. The SMILES string of the molecule is CCCC/C=C\C/C=C\CCCCCCCC(=O)OC(CCC)CCCCCC(=O)NCC(=O)NC(CO)C(=O)O. The molecule has 9 heteroatoms. The normalized spacial score (nSPS) is 12.9. The Balaban J connectivity index is 3.87. The van der Waals surface area contributed by atoms with E-state index < -0.39 is 24.5 Å². The van der Waals surface area contributed by atoms with E-state index in [2.05, 4.69) is 48.8 Å². The minimum absolute atomic E-state index is 0.0907. The number of allylic oxidation sites excluding steroid dienone is 4. The molecule has 0 bridgehead atoms. The molecule has 41 heavy (non-hydrogen) atoms. The largest absolute Gasteiger partial charge is 0.480 e. The summed E-state index contributed by atoms with van der Waals surface area (Å²) in [5.41, 5.74) is 0. The number of ether oxygens (including phenoxy) is 1. The van der Waals surface area contributed by atoms with Gasteiger partial charge in [-0.05, 0) is 57.8 Å². The summed E-state index contributed by atoms with van der Waals surface area (Å²) in [5, 5.41) is 22.3. The third kappa shape index (κ3) is 24.8. The first-order chi connectivity index (χ1) is 19.8. The highest BCUT2D eigenvalue weighted by molar-refractivity contribution is 5.87. The van der Waals surface area contributed by atoms with E-state index in [1.165, 1.54) is 32.1 Å². The third-order valence-corrected chi connectivity index (χ3v) is 6.68. The maximum Gasteiger partial charge on any atom is 0.328 e. The summed E-state index contributed by atoms with van der Waals surface area (Å²) in [4.78, 5) is 46.7. The number of carboxylic acids is 1.